The van der Waals surface area contributed by atoms with Crippen LogP contribution in [0, 0.1) is 0 Å². The average molecular weight is 286 g/mol. The number of halogens is 2. The minimum absolute atomic E-state index is 0.172. The molecule has 2 rings (SSSR count). The summed E-state index contributed by atoms with van der Waals surface area (Å²) in [5.74, 6) is 0.172. The molecule has 1 fully saturated rings. The van der Waals surface area contributed by atoms with E-state index in [-0.39, 0.29) is 5.78 Å². The van der Waals surface area contributed by atoms with Gasteiger partial charge in [0, 0.05) is 22.5 Å². The van der Waals surface area contributed by atoms with Gasteiger partial charge in [0.2, 0.25) is 0 Å². The molecule has 0 aliphatic heterocycles. The minimum atomic E-state index is 0.172. The number of ketones is 1. The molecule has 1 aromatic rings. The van der Waals surface area contributed by atoms with E-state index in [1.165, 1.54) is 25.7 Å². The molecule has 0 bridgehead atoms. The molecule has 1 saturated carbocycles. The van der Waals surface area contributed by atoms with E-state index in [0.29, 0.717) is 29.1 Å². The molecule has 0 saturated heterocycles. The predicted octanol–water partition coefficient (Wildman–Crippen LogP) is 3.64. The second-order valence-corrected chi connectivity index (χ2v) is 5.66. The fraction of sp³-hybridized carbons (Fsp3) is 0.500. The number of Topliss-reactive ketones (excluding diaryl/α,β-unsaturated/α-hetero) is 1. The maximum Gasteiger partial charge on any atom is 0.151 e. The third-order valence-corrected chi connectivity index (χ3v) is 3.93. The van der Waals surface area contributed by atoms with Gasteiger partial charge < -0.3 is 5.32 Å². The number of carbonyl (C=O) groups excluding carboxylic acids is 1. The molecule has 0 aromatic heterocycles. The number of nitrogens with one attached hydrogen (secondary N) is 1. The van der Waals surface area contributed by atoms with Crippen LogP contribution >= 0.6 is 23.2 Å². The second kappa shape index (κ2) is 6.55. The van der Waals surface area contributed by atoms with E-state index in [1.54, 1.807) is 12.1 Å². The van der Waals surface area contributed by atoms with Gasteiger partial charge in [-0.2, -0.15) is 0 Å². The Labute approximate surface area is 118 Å². The van der Waals surface area contributed by atoms with Crippen molar-refractivity contribution in [3.05, 3.63) is 33.8 Å². The molecular weight excluding hydrogens is 269 g/mol. The summed E-state index contributed by atoms with van der Waals surface area (Å²) >= 11 is 11.9. The van der Waals surface area contributed by atoms with E-state index in [2.05, 4.69) is 5.32 Å². The van der Waals surface area contributed by atoms with Crippen LogP contribution in [0.3, 0.4) is 0 Å². The van der Waals surface area contributed by atoms with E-state index in [9.17, 15) is 4.79 Å². The van der Waals surface area contributed by atoms with Crippen LogP contribution in [0.5, 0.6) is 0 Å². The Hall–Kier alpha value is -0.570. The molecule has 18 heavy (non-hydrogen) atoms. The van der Waals surface area contributed by atoms with Gasteiger partial charge in [0.1, 0.15) is 0 Å². The lowest BCUT2D eigenvalue weighted by Gasteiger charge is -2.11. The maximum absolute atomic E-state index is 11.9. The Balaban J connectivity index is 1.82. The molecule has 2 nitrogen and oxygen atoms in total. The first-order valence-corrected chi connectivity index (χ1v) is 7.10. The third-order valence-electron chi connectivity index (χ3n) is 3.35. The van der Waals surface area contributed by atoms with Gasteiger partial charge in [0.15, 0.2) is 5.78 Å². The molecule has 1 aromatic carbocycles. The number of hydrogen-bond donors (Lipinski definition) is 1. The van der Waals surface area contributed by atoms with Gasteiger partial charge in [-0.25, -0.2) is 0 Å². The summed E-state index contributed by atoms with van der Waals surface area (Å²) in [6, 6.07) is 5.78. The molecule has 0 radical (unpaired) electrons. The summed E-state index contributed by atoms with van der Waals surface area (Å²) in [6.07, 6.45) is 5.30. The lowest BCUT2D eigenvalue weighted by molar-refractivity contribution is -0.117. The monoisotopic (exact) mass is 285 g/mol. The fourth-order valence-electron chi connectivity index (χ4n) is 2.33. The first-order valence-electron chi connectivity index (χ1n) is 6.34. The van der Waals surface area contributed by atoms with E-state index in [4.69, 9.17) is 23.2 Å². The van der Waals surface area contributed by atoms with Crippen molar-refractivity contribution in [1.29, 1.82) is 0 Å². The zero-order chi connectivity index (χ0) is 13.0. The van der Waals surface area contributed by atoms with Crippen LogP contribution in [0.15, 0.2) is 18.2 Å². The quantitative estimate of drug-likeness (QED) is 0.895. The van der Waals surface area contributed by atoms with E-state index in [0.717, 1.165) is 5.56 Å². The lowest BCUT2D eigenvalue weighted by Crippen LogP contribution is -2.32. The minimum Gasteiger partial charge on any atom is -0.307 e. The summed E-state index contributed by atoms with van der Waals surface area (Å²) in [7, 11) is 0. The van der Waals surface area contributed by atoms with E-state index >= 15 is 0 Å². The largest absolute Gasteiger partial charge is 0.307 e. The van der Waals surface area contributed by atoms with Crippen molar-refractivity contribution < 1.29 is 4.79 Å². The Morgan fingerprint density at radius 1 is 1.28 bits per heavy atom. The van der Waals surface area contributed by atoms with Gasteiger partial charge in [0.25, 0.3) is 0 Å². The van der Waals surface area contributed by atoms with Crippen LogP contribution in [-0.2, 0) is 11.2 Å². The highest BCUT2D eigenvalue weighted by Gasteiger charge is 2.15. The van der Waals surface area contributed by atoms with Crippen molar-refractivity contribution in [2.24, 2.45) is 0 Å². The highest BCUT2D eigenvalue weighted by atomic mass is 35.5. The summed E-state index contributed by atoms with van der Waals surface area (Å²) in [4.78, 5) is 11.9. The van der Waals surface area contributed by atoms with Crippen molar-refractivity contribution in [3.8, 4) is 0 Å². The van der Waals surface area contributed by atoms with Crippen molar-refractivity contribution in [1.82, 2.24) is 5.32 Å². The second-order valence-electron chi connectivity index (χ2n) is 4.81. The van der Waals surface area contributed by atoms with Gasteiger partial charge in [-0.3, -0.25) is 4.79 Å². The normalized spacial score (nSPS) is 16.1. The molecule has 0 spiro atoms. The molecule has 0 amide bonds. The third kappa shape index (κ3) is 3.98. The highest BCUT2D eigenvalue weighted by molar-refractivity contribution is 6.35. The molecule has 4 heteroatoms. The SMILES string of the molecule is O=C(CNC1CCCC1)Cc1ccc(Cl)cc1Cl. The number of hydrogen-bond acceptors (Lipinski definition) is 2. The molecular formula is C14H17Cl2NO. The Morgan fingerprint density at radius 2 is 2.00 bits per heavy atom. The average Bonchev–Trinajstić information content (AvgIpc) is 2.83. The topological polar surface area (TPSA) is 29.1 Å². The van der Waals surface area contributed by atoms with Crippen LogP contribution < -0.4 is 5.32 Å². The lowest BCUT2D eigenvalue weighted by atomic mass is 10.1. The van der Waals surface area contributed by atoms with Crippen LogP contribution in [0.4, 0.5) is 0 Å². The number of carbonyl (C=O) groups is 1. The number of benzene rings is 1. The van der Waals surface area contributed by atoms with Gasteiger partial charge >= 0.3 is 0 Å². The smallest absolute Gasteiger partial charge is 0.151 e. The Bertz CT molecular complexity index is 428. The van der Waals surface area contributed by atoms with Gasteiger partial charge in [-0.05, 0) is 30.5 Å². The summed E-state index contributed by atoms with van der Waals surface area (Å²) in [5, 5.41) is 4.48. The first kappa shape index (κ1) is 13.9. The Morgan fingerprint density at radius 3 is 2.67 bits per heavy atom. The fourth-order valence-corrected chi connectivity index (χ4v) is 2.80. The number of rotatable bonds is 5. The molecule has 0 atom stereocenters. The molecule has 1 N–H and O–H groups in total. The summed E-state index contributed by atoms with van der Waals surface area (Å²) in [6.45, 7) is 0.434. The molecule has 98 valence electrons. The predicted molar refractivity (Wildman–Crippen MR) is 75.4 cm³/mol. The maximum atomic E-state index is 11.9. The molecule has 0 unspecified atom stereocenters. The Kier molecular flexibility index (Phi) is 5.04. The van der Waals surface area contributed by atoms with Crippen LogP contribution in [0.1, 0.15) is 31.2 Å². The zero-order valence-corrected chi connectivity index (χ0v) is 11.7. The highest BCUT2D eigenvalue weighted by Crippen LogP contribution is 2.21. The standard InChI is InChI=1S/C14H17Cl2NO/c15-11-6-5-10(14(16)8-11)7-13(18)9-17-12-3-1-2-4-12/h5-6,8,12,17H,1-4,7,9H2. The van der Waals surface area contributed by atoms with Crippen LogP contribution in [0.2, 0.25) is 10.0 Å². The van der Waals surface area contributed by atoms with Crippen molar-refractivity contribution in [2.45, 2.75) is 38.1 Å². The van der Waals surface area contributed by atoms with Gasteiger partial charge in [-0.15, -0.1) is 0 Å². The molecule has 0 heterocycles. The van der Waals surface area contributed by atoms with Crippen LogP contribution in [-0.4, -0.2) is 18.4 Å². The van der Waals surface area contributed by atoms with Crippen molar-refractivity contribution in [2.75, 3.05) is 6.54 Å². The van der Waals surface area contributed by atoms with Crippen molar-refractivity contribution in [3.63, 3.8) is 0 Å². The molecule has 1 aliphatic rings. The van der Waals surface area contributed by atoms with Crippen molar-refractivity contribution >= 4 is 29.0 Å². The van der Waals surface area contributed by atoms with E-state index in [1.807, 2.05) is 6.07 Å². The first-order chi connectivity index (χ1) is 8.65. The van der Waals surface area contributed by atoms with Crippen LogP contribution in [0.25, 0.3) is 0 Å². The zero-order valence-electron chi connectivity index (χ0n) is 10.2. The van der Waals surface area contributed by atoms with E-state index < -0.39 is 0 Å². The summed E-state index contributed by atoms with van der Waals surface area (Å²) < 4.78 is 0. The molecule has 1 aliphatic carbocycles. The van der Waals surface area contributed by atoms with Gasteiger partial charge in [-0.1, -0.05) is 42.1 Å². The summed E-state index contributed by atoms with van der Waals surface area (Å²) in [5.41, 5.74) is 0.847. The van der Waals surface area contributed by atoms with Gasteiger partial charge in [0.05, 0.1) is 6.54 Å².